The quantitative estimate of drug-likeness (QED) is 0.406. The zero-order valence-electron chi connectivity index (χ0n) is 23.9. The van der Waals surface area contributed by atoms with E-state index in [1.54, 1.807) is 24.0 Å². The maximum Gasteiger partial charge on any atom is 0.251 e. The summed E-state index contributed by atoms with van der Waals surface area (Å²) < 4.78 is 0. The van der Waals surface area contributed by atoms with Gasteiger partial charge in [-0.05, 0) is 49.4 Å². The van der Waals surface area contributed by atoms with Crippen molar-refractivity contribution in [1.29, 1.82) is 0 Å². The highest BCUT2D eigenvalue weighted by molar-refractivity contribution is 6.01. The van der Waals surface area contributed by atoms with Crippen molar-refractivity contribution in [3.05, 3.63) is 29.8 Å². The van der Waals surface area contributed by atoms with Gasteiger partial charge in [0.25, 0.3) is 5.91 Å². The first-order valence-corrected chi connectivity index (χ1v) is 14.4. The molecule has 4 atom stereocenters. The van der Waals surface area contributed by atoms with Crippen LogP contribution < -0.4 is 20.9 Å². The molecule has 1 aromatic rings. The number of anilines is 1. The number of piperazine rings is 1. The Morgan fingerprint density at radius 1 is 0.950 bits per heavy atom. The van der Waals surface area contributed by atoms with Gasteiger partial charge in [-0.15, -0.1) is 0 Å². The number of carbonyl (C=O) groups excluding carboxylic acids is 5. The predicted octanol–water partition coefficient (Wildman–Crippen LogP) is 0.536. The molecule has 0 spiro atoms. The van der Waals surface area contributed by atoms with Crippen LogP contribution in [0, 0.1) is 5.92 Å². The van der Waals surface area contributed by atoms with Gasteiger partial charge in [0, 0.05) is 50.9 Å². The molecule has 0 aliphatic carbocycles. The summed E-state index contributed by atoms with van der Waals surface area (Å²) in [5, 5.41) is 8.91. The van der Waals surface area contributed by atoms with Gasteiger partial charge in [-0.25, -0.2) is 0 Å². The number of ketones is 1. The van der Waals surface area contributed by atoms with E-state index in [2.05, 4.69) is 20.9 Å². The van der Waals surface area contributed by atoms with Crippen LogP contribution in [0.3, 0.4) is 0 Å². The Labute approximate surface area is 236 Å². The lowest BCUT2D eigenvalue weighted by molar-refractivity contribution is -0.138. The fraction of sp³-hybridized carbons (Fsp3) is 0.621. The summed E-state index contributed by atoms with van der Waals surface area (Å²) in [6, 6.07) is 4.74. The van der Waals surface area contributed by atoms with Gasteiger partial charge in [0.15, 0.2) is 5.78 Å². The molecule has 11 heteroatoms. The molecule has 11 nitrogen and oxygen atoms in total. The van der Waals surface area contributed by atoms with Gasteiger partial charge < -0.3 is 30.7 Å². The minimum Gasteiger partial charge on any atom is -0.369 e. The number of likely N-dealkylation sites (tertiary alicyclic amines) is 2. The zero-order valence-corrected chi connectivity index (χ0v) is 23.9. The van der Waals surface area contributed by atoms with Crippen molar-refractivity contribution in [2.24, 2.45) is 5.92 Å². The molecule has 3 aliphatic rings. The Balaban J connectivity index is 1.45. The Bertz CT molecular complexity index is 1120. The largest absolute Gasteiger partial charge is 0.369 e. The van der Waals surface area contributed by atoms with Gasteiger partial charge in [0.05, 0.1) is 12.6 Å². The second-order valence-corrected chi connectivity index (χ2v) is 11.4. The molecule has 4 rings (SSSR count). The fourth-order valence-corrected chi connectivity index (χ4v) is 6.02. The summed E-state index contributed by atoms with van der Waals surface area (Å²) in [6.45, 7) is 11.0. The molecular formula is C29H42N6O5. The molecule has 1 aromatic carbocycles. The summed E-state index contributed by atoms with van der Waals surface area (Å²) in [5.41, 5.74) is 1.52. The number of hydrogen-bond donors (Lipinski definition) is 3. The van der Waals surface area contributed by atoms with Crippen LogP contribution in [0.5, 0.6) is 0 Å². The van der Waals surface area contributed by atoms with Gasteiger partial charge in [-0.2, -0.15) is 0 Å². The molecule has 3 saturated heterocycles. The predicted molar refractivity (Wildman–Crippen MR) is 151 cm³/mol. The number of Topliss-reactive ketones (excluding diaryl/α,β-unsaturated/α-hetero) is 1. The van der Waals surface area contributed by atoms with E-state index >= 15 is 0 Å². The van der Waals surface area contributed by atoms with Crippen LogP contribution in [0.4, 0.5) is 5.69 Å². The molecule has 4 amide bonds. The van der Waals surface area contributed by atoms with Crippen LogP contribution in [-0.4, -0.2) is 103 Å². The van der Waals surface area contributed by atoms with E-state index in [9.17, 15) is 24.0 Å². The van der Waals surface area contributed by atoms with Gasteiger partial charge in [-0.3, -0.25) is 24.0 Å². The first kappa shape index (κ1) is 29.5. The first-order chi connectivity index (χ1) is 19.1. The van der Waals surface area contributed by atoms with E-state index in [4.69, 9.17) is 0 Å². The fourth-order valence-electron chi connectivity index (χ4n) is 6.02. The van der Waals surface area contributed by atoms with Crippen molar-refractivity contribution in [3.8, 4) is 0 Å². The van der Waals surface area contributed by atoms with Crippen molar-refractivity contribution in [2.75, 3.05) is 44.2 Å². The number of fused-ring (bicyclic) bond motifs is 1. The molecule has 40 heavy (non-hydrogen) atoms. The van der Waals surface area contributed by atoms with Crippen LogP contribution in [-0.2, 0) is 19.2 Å². The Hall–Kier alpha value is -3.47. The normalized spacial score (nSPS) is 22.2. The van der Waals surface area contributed by atoms with E-state index in [-0.39, 0.29) is 41.9 Å². The smallest absolute Gasteiger partial charge is 0.251 e. The standard InChI is InChI=1S/C29H42N6O5/c1-5-22(31-19(4)36)28(39)35-17-25(37)26-24(35)10-13-34(26)29(40)23(16-18(2)3)32-27(38)20-6-8-21(9-7-20)33-14-11-30-12-15-33/h6-9,18,22-24,26,30H,5,10-17H2,1-4H3,(H,31,36)(H,32,38). The summed E-state index contributed by atoms with van der Waals surface area (Å²) in [7, 11) is 0. The van der Waals surface area contributed by atoms with Gasteiger partial charge in [0.1, 0.15) is 18.1 Å². The summed E-state index contributed by atoms with van der Waals surface area (Å²) in [5.74, 6) is -1.32. The molecule has 0 saturated carbocycles. The molecule has 3 heterocycles. The molecule has 3 N–H and O–H groups in total. The molecular weight excluding hydrogens is 512 g/mol. The monoisotopic (exact) mass is 554 g/mol. The Morgan fingerprint density at radius 2 is 1.60 bits per heavy atom. The minimum absolute atomic E-state index is 0.0886. The lowest BCUT2D eigenvalue weighted by Crippen LogP contribution is -2.53. The topological polar surface area (TPSA) is 131 Å². The molecule has 3 aliphatic heterocycles. The lowest BCUT2D eigenvalue weighted by Gasteiger charge is -2.30. The first-order valence-electron chi connectivity index (χ1n) is 14.4. The van der Waals surface area contributed by atoms with Crippen LogP contribution in [0.1, 0.15) is 57.3 Å². The SMILES string of the molecule is CCC(NC(C)=O)C(=O)N1CC(=O)C2C1CCN2C(=O)C(CC(C)C)NC(=O)c1ccc(N2CCNCC2)cc1. The Kier molecular flexibility index (Phi) is 9.44. The number of benzene rings is 1. The van der Waals surface area contributed by atoms with Crippen LogP contribution >= 0.6 is 0 Å². The van der Waals surface area contributed by atoms with Crippen LogP contribution in [0.25, 0.3) is 0 Å². The van der Waals surface area contributed by atoms with Gasteiger partial charge in [-0.1, -0.05) is 20.8 Å². The highest BCUT2D eigenvalue weighted by Gasteiger charge is 2.52. The highest BCUT2D eigenvalue weighted by atomic mass is 16.2. The maximum atomic E-state index is 13.8. The van der Waals surface area contributed by atoms with Gasteiger partial charge in [0.2, 0.25) is 17.7 Å². The number of carbonyl (C=O) groups is 5. The van der Waals surface area contributed by atoms with Crippen molar-refractivity contribution >= 4 is 35.1 Å². The third kappa shape index (κ3) is 6.46. The molecule has 0 aromatic heterocycles. The number of hydrogen-bond acceptors (Lipinski definition) is 7. The number of nitrogens with one attached hydrogen (secondary N) is 3. The van der Waals surface area contributed by atoms with Crippen molar-refractivity contribution in [2.45, 2.75) is 71.1 Å². The summed E-state index contributed by atoms with van der Waals surface area (Å²) >= 11 is 0. The molecule has 218 valence electrons. The van der Waals surface area contributed by atoms with Crippen molar-refractivity contribution in [1.82, 2.24) is 25.8 Å². The third-order valence-electron chi connectivity index (χ3n) is 7.99. The third-order valence-corrected chi connectivity index (χ3v) is 7.99. The molecule has 0 bridgehead atoms. The van der Waals surface area contributed by atoms with Crippen molar-refractivity contribution in [3.63, 3.8) is 0 Å². The van der Waals surface area contributed by atoms with Crippen LogP contribution in [0.2, 0.25) is 0 Å². The lowest BCUT2D eigenvalue weighted by atomic mass is 10.0. The summed E-state index contributed by atoms with van der Waals surface area (Å²) in [6.07, 6.45) is 1.30. The maximum absolute atomic E-state index is 13.8. The molecule has 4 unspecified atom stereocenters. The highest BCUT2D eigenvalue weighted by Crippen LogP contribution is 2.31. The molecule has 3 fully saturated rings. The summed E-state index contributed by atoms with van der Waals surface area (Å²) in [4.78, 5) is 70.2. The van der Waals surface area contributed by atoms with Gasteiger partial charge >= 0.3 is 0 Å². The minimum atomic E-state index is -0.792. The average molecular weight is 555 g/mol. The Morgan fingerprint density at radius 3 is 2.20 bits per heavy atom. The van der Waals surface area contributed by atoms with E-state index in [0.29, 0.717) is 31.4 Å². The van der Waals surface area contributed by atoms with Crippen LogP contribution in [0.15, 0.2) is 24.3 Å². The number of rotatable bonds is 9. The average Bonchev–Trinajstić information content (AvgIpc) is 3.52. The number of amides is 4. The second-order valence-electron chi connectivity index (χ2n) is 11.4. The molecule has 0 radical (unpaired) electrons. The van der Waals surface area contributed by atoms with E-state index in [0.717, 1.165) is 31.9 Å². The number of nitrogens with zero attached hydrogens (tertiary/aromatic N) is 3. The van der Waals surface area contributed by atoms with E-state index < -0.39 is 24.2 Å². The zero-order chi connectivity index (χ0) is 29.0. The van der Waals surface area contributed by atoms with Crippen molar-refractivity contribution < 1.29 is 24.0 Å². The van der Waals surface area contributed by atoms with E-state index in [1.807, 2.05) is 26.0 Å². The van der Waals surface area contributed by atoms with E-state index in [1.165, 1.54) is 11.8 Å². The second kappa shape index (κ2) is 12.8.